The normalized spacial score (nSPS) is 22.8. The molecule has 2 rings (SSSR count). The number of halogens is 1. The van der Waals surface area contributed by atoms with Crippen molar-refractivity contribution in [1.82, 2.24) is 0 Å². The monoisotopic (exact) mass is 339 g/mol. The van der Waals surface area contributed by atoms with Crippen molar-refractivity contribution in [1.29, 1.82) is 0 Å². The van der Waals surface area contributed by atoms with Crippen molar-refractivity contribution in [3.05, 3.63) is 28.2 Å². The minimum absolute atomic E-state index is 0.312. The maximum absolute atomic E-state index is 11.0. The smallest absolute Gasteiger partial charge is 0.335 e. The van der Waals surface area contributed by atoms with Gasteiger partial charge >= 0.3 is 5.97 Å². The van der Waals surface area contributed by atoms with Crippen LogP contribution in [0.25, 0.3) is 0 Å². The Bertz CT molecular complexity index is 487. The van der Waals surface area contributed by atoms with E-state index in [0.717, 1.165) is 10.2 Å². The number of nitrogens with one attached hydrogen (secondary N) is 1. The number of rotatable bonds is 4. The molecule has 0 bridgehead atoms. The molecule has 1 aliphatic rings. The van der Waals surface area contributed by atoms with Crippen molar-refractivity contribution in [3.63, 3.8) is 0 Å². The summed E-state index contributed by atoms with van der Waals surface area (Å²) in [4.78, 5) is 11.0. The third kappa shape index (κ3) is 3.54. The summed E-state index contributed by atoms with van der Waals surface area (Å²) in [7, 11) is 0. The van der Waals surface area contributed by atoms with E-state index < -0.39 is 5.97 Å². The standard InChI is InChI=1S/C16H22BrNO2/c1-10(2)12-5-3-4-6-14(12)18-15-8-7-11(16(19)20)9-13(15)17/h7-10,12,14,18H,3-6H2,1-2H3,(H,19,20). The Morgan fingerprint density at radius 2 is 2.05 bits per heavy atom. The molecule has 0 radical (unpaired) electrons. The van der Waals surface area contributed by atoms with Gasteiger partial charge in [-0.15, -0.1) is 0 Å². The summed E-state index contributed by atoms with van der Waals surface area (Å²) in [5, 5.41) is 12.6. The number of hydrogen-bond donors (Lipinski definition) is 2. The molecule has 4 heteroatoms. The summed E-state index contributed by atoms with van der Waals surface area (Å²) >= 11 is 3.47. The lowest BCUT2D eigenvalue weighted by Crippen LogP contribution is -2.35. The van der Waals surface area contributed by atoms with E-state index in [2.05, 4.69) is 35.1 Å². The van der Waals surface area contributed by atoms with E-state index in [1.807, 2.05) is 6.07 Å². The Balaban J connectivity index is 2.14. The van der Waals surface area contributed by atoms with Crippen molar-refractivity contribution in [2.75, 3.05) is 5.32 Å². The Morgan fingerprint density at radius 1 is 1.35 bits per heavy atom. The highest BCUT2D eigenvalue weighted by molar-refractivity contribution is 9.10. The van der Waals surface area contributed by atoms with E-state index >= 15 is 0 Å². The van der Waals surface area contributed by atoms with Crippen LogP contribution in [0.4, 0.5) is 5.69 Å². The number of aromatic carboxylic acids is 1. The molecule has 0 heterocycles. The lowest BCUT2D eigenvalue weighted by molar-refractivity contribution is 0.0697. The third-order valence-electron chi connectivity index (χ3n) is 4.23. The van der Waals surface area contributed by atoms with Crippen LogP contribution in [0.15, 0.2) is 22.7 Å². The Morgan fingerprint density at radius 3 is 2.65 bits per heavy atom. The van der Waals surface area contributed by atoms with Gasteiger partial charge in [-0.1, -0.05) is 26.7 Å². The predicted molar refractivity (Wildman–Crippen MR) is 85.3 cm³/mol. The zero-order valence-electron chi connectivity index (χ0n) is 12.0. The molecule has 3 nitrogen and oxygen atoms in total. The van der Waals surface area contributed by atoms with E-state index in [1.165, 1.54) is 25.7 Å². The summed E-state index contributed by atoms with van der Waals surface area (Å²) in [5.74, 6) is 0.467. The number of hydrogen-bond acceptors (Lipinski definition) is 2. The van der Waals surface area contributed by atoms with E-state index in [0.29, 0.717) is 23.4 Å². The lowest BCUT2D eigenvalue weighted by Gasteiger charge is -2.35. The zero-order valence-corrected chi connectivity index (χ0v) is 13.6. The van der Waals surface area contributed by atoms with Crippen LogP contribution in [0, 0.1) is 11.8 Å². The fraction of sp³-hybridized carbons (Fsp3) is 0.562. The number of carboxylic acid groups (broad SMARTS) is 1. The number of carbonyl (C=O) groups is 1. The quantitative estimate of drug-likeness (QED) is 0.830. The molecule has 0 amide bonds. The fourth-order valence-corrected chi connectivity index (χ4v) is 3.59. The summed E-state index contributed by atoms with van der Waals surface area (Å²) in [5.41, 5.74) is 1.30. The second kappa shape index (κ2) is 6.61. The van der Waals surface area contributed by atoms with Gasteiger partial charge in [0.25, 0.3) is 0 Å². The molecule has 2 atom stereocenters. The highest BCUT2D eigenvalue weighted by Crippen LogP contribution is 2.34. The molecule has 0 aliphatic heterocycles. The van der Waals surface area contributed by atoms with Gasteiger partial charge in [0.05, 0.1) is 5.56 Å². The minimum Gasteiger partial charge on any atom is -0.478 e. The predicted octanol–water partition coefficient (Wildman–Crippen LogP) is 4.77. The Labute approximate surface area is 128 Å². The molecular formula is C16H22BrNO2. The first-order valence-electron chi connectivity index (χ1n) is 7.28. The first-order valence-corrected chi connectivity index (χ1v) is 8.07. The van der Waals surface area contributed by atoms with Gasteiger partial charge in [-0.05, 0) is 58.8 Å². The second-order valence-electron chi connectivity index (χ2n) is 5.94. The fourth-order valence-electron chi connectivity index (χ4n) is 3.10. The molecule has 1 aromatic carbocycles. The molecular weight excluding hydrogens is 318 g/mol. The van der Waals surface area contributed by atoms with Gasteiger partial charge in [0.1, 0.15) is 0 Å². The van der Waals surface area contributed by atoms with Crippen LogP contribution in [0.1, 0.15) is 49.9 Å². The van der Waals surface area contributed by atoms with Crippen LogP contribution >= 0.6 is 15.9 Å². The van der Waals surface area contributed by atoms with Gasteiger partial charge in [-0.25, -0.2) is 4.79 Å². The van der Waals surface area contributed by atoms with E-state index in [1.54, 1.807) is 12.1 Å². The largest absolute Gasteiger partial charge is 0.478 e. The van der Waals surface area contributed by atoms with Crippen LogP contribution in [-0.4, -0.2) is 17.1 Å². The molecule has 1 fully saturated rings. The van der Waals surface area contributed by atoms with E-state index in [4.69, 9.17) is 5.11 Å². The average Bonchev–Trinajstić information content (AvgIpc) is 2.41. The maximum Gasteiger partial charge on any atom is 0.335 e. The molecule has 1 saturated carbocycles. The molecule has 2 N–H and O–H groups in total. The van der Waals surface area contributed by atoms with E-state index in [-0.39, 0.29) is 0 Å². The molecule has 1 aromatic rings. The first-order chi connectivity index (χ1) is 9.49. The number of anilines is 1. The SMILES string of the molecule is CC(C)C1CCCCC1Nc1ccc(C(=O)O)cc1Br. The summed E-state index contributed by atoms with van der Waals surface area (Å²) in [6, 6.07) is 5.66. The number of carboxylic acids is 1. The van der Waals surface area contributed by atoms with Crippen LogP contribution in [0.3, 0.4) is 0 Å². The van der Waals surface area contributed by atoms with E-state index in [9.17, 15) is 4.79 Å². The molecule has 110 valence electrons. The van der Waals surface area contributed by atoms with Gasteiger partial charge in [0.2, 0.25) is 0 Å². The van der Waals surface area contributed by atoms with Crippen LogP contribution in [-0.2, 0) is 0 Å². The highest BCUT2D eigenvalue weighted by atomic mass is 79.9. The van der Waals surface area contributed by atoms with Crippen LogP contribution in [0.5, 0.6) is 0 Å². The van der Waals surface area contributed by atoms with Gasteiger partial charge < -0.3 is 10.4 Å². The summed E-state index contributed by atoms with van der Waals surface area (Å²) in [6.45, 7) is 4.57. The molecule has 0 aromatic heterocycles. The molecule has 0 saturated heterocycles. The van der Waals surface area contributed by atoms with Crippen molar-refractivity contribution in [2.24, 2.45) is 11.8 Å². The molecule has 2 unspecified atom stereocenters. The second-order valence-corrected chi connectivity index (χ2v) is 6.80. The molecule has 0 spiro atoms. The molecule has 20 heavy (non-hydrogen) atoms. The van der Waals surface area contributed by atoms with Crippen LogP contribution < -0.4 is 5.32 Å². The van der Waals surface area contributed by atoms with Gasteiger partial charge in [0, 0.05) is 16.2 Å². The van der Waals surface area contributed by atoms with Crippen molar-refractivity contribution < 1.29 is 9.90 Å². The van der Waals surface area contributed by atoms with Crippen molar-refractivity contribution in [3.8, 4) is 0 Å². The van der Waals surface area contributed by atoms with Gasteiger partial charge in [0.15, 0.2) is 0 Å². The Hall–Kier alpha value is -1.03. The zero-order chi connectivity index (χ0) is 14.7. The van der Waals surface area contributed by atoms with Crippen LogP contribution in [0.2, 0.25) is 0 Å². The summed E-state index contributed by atoms with van der Waals surface area (Å²) in [6.07, 6.45) is 5.06. The summed E-state index contributed by atoms with van der Waals surface area (Å²) < 4.78 is 0.825. The van der Waals surface area contributed by atoms with Gasteiger partial charge in [-0.3, -0.25) is 0 Å². The average molecular weight is 340 g/mol. The maximum atomic E-state index is 11.0. The van der Waals surface area contributed by atoms with Gasteiger partial charge in [-0.2, -0.15) is 0 Å². The highest BCUT2D eigenvalue weighted by Gasteiger charge is 2.27. The third-order valence-corrected chi connectivity index (χ3v) is 4.89. The lowest BCUT2D eigenvalue weighted by atomic mass is 9.78. The minimum atomic E-state index is -0.894. The topological polar surface area (TPSA) is 49.3 Å². The van der Waals surface area contributed by atoms with Crippen molar-refractivity contribution >= 4 is 27.6 Å². The van der Waals surface area contributed by atoms with Crippen molar-refractivity contribution in [2.45, 2.75) is 45.6 Å². The Kier molecular flexibility index (Phi) is 5.08. The molecule has 1 aliphatic carbocycles. The first kappa shape index (κ1) is 15.4. The number of benzene rings is 1.